The van der Waals surface area contributed by atoms with Gasteiger partial charge in [-0.1, -0.05) is 17.7 Å². The summed E-state index contributed by atoms with van der Waals surface area (Å²) in [7, 11) is 0. The van der Waals surface area contributed by atoms with Crippen molar-refractivity contribution >= 4 is 52.2 Å². The predicted molar refractivity (Wildman–Crippen MR) is 116 cm³/mol. The molecule has 0 saturated carbocycles. The van der Waals surface area contributed by atoms with Crippen LogP contribution in [0.5, 0.6) is 11.5 Å². The van der Waals surface area contributed by atoms with Gasteiger partial charge in [-0.3, -0.25) is 29.4 Å². The largest absolute Gasteiger partial charge is 0.454 e. The van der Waals surface area contributed by atoms with E-state index in [4.69, 9.17) is 21.1 Å². The number of halogens is 1. The van der Waals surface area contributed by atoms with E-state index in [1.807, 2.05) is 0 Å². The fourth-order valence-corrected chi connectivity index (χ4v) is 4.09. The Kier molecular flexibility index (Phi) is 6.01. The van der Waals surface area contributed by atoms with E-state index in [-0.39, 0.29) is 41.1 Å². The molecule has 2 aromatic carbocycles. The molecule has 32 heavy (non-hydrogen) atoms. The molecule has 1 fully saturated rings. The van der Waals surface area contributed by atoms with E-state index in [1.165, 1.54) is 12.1 Å². The molecule has 0 aromatic heterocycles. The number of nitrogens with one attached hydrogen (secondary N) is 1. The number of benzene rings is 2. The third-order valence-corrected chi connectivity index (χ3v) is 5.83. The van der Waals surface area contributed by atoms with Crippen molar-refractivity contribution in [2.24, 2.45) is 0 Å². The summed E-state index contributed by atoms with van der Waals surface area (Å²) >= 11 is 6.74. The van der Waals surface area contributed by atoms with Crippen LogP contribution in [0.4, 0.5) is 10.5 Å². The number of ether oxygens (including phenoxy) is 2. The van der Waals surface area contributed by atoms with Gasteiger partial charge >= 0.3 is 0 Å². The molecule has 0 spiro atoms. The zero-order valence-corrected chi connectivity index (χ0v) is 17.8. The van der Waals surface area contributed by atoms with Gasteiger partial charge in [0.25, 0.3) is 22.7 Å². The number of thioether (sulfide) groups is 1. The molecule has 12 heteroatoms. The molecule has 3 amide bonds. The molecule has 0 radical (unpaired) electrons. The van der Waals surface area contributed by atoms with Gasteiger partial charge in [0.2, 0.25) is 6.79 Å². The van der Waals surface area contributed by atoms with Gasteiger partial charge in [-0.2, -0.15) is 0 Å². The van der Waals surface area contributed by atoms with Crippen LogP contribution in [0.25, 0.3) is 6.08 Å². The number of nitrogens with zero attached hydrogens (tertiary/aromatic N) is 2. The lowest BCUT2D eigenvalue weighted by Crippen LogP contribution is -2.37. The second-order valence-electron chi connectivity index (χ2n) is 6.62. The van der Waals surface area contributed by atoms with Crippen LogP contribution in [0.2, 0.25) is 5.02 Å². The topological polar surface area (TPSA) is 128 Å². The first kappa shape index (κ1) is 21.7. The molecule has 2 heterocycles. The summed E-state index contributed by atoms with van der Waals surface area (Å²) in [6.45, 7) is 0.0111. The molecule has 0 atom stereocenters. The van der Waals surface area contributed by atoms with Crippen molar-refractivity contribution in [3.8, 4) is 11.5 Å². The highest BCUT2D eigenvalue weighted by Gasteiger charge is 2.34. The lowest BCUT2D eigenvalue weighted by atomic mass is 10.2. The number of nitro groups is 1. The third kappa shape index (κ3) is 4.39. The first-order valence-corrected chi connectivity index (χ1v) is 10.4. The molecule has 0 aliphatic carbocycles. The molecule has 164 valence electrons. The minimum atomic E-state index is -0.651. The van der Waals surface area contributed by atoms with Gasteiger partial charge in [-0.05, 0) is 41.6 Å². The number of imide groups is 1. The Morgan fingerprint density at radius 2 is 2.00 bits per heavy atom. The second kappa shape index (κ2) is 8.89. The maximum absolute atomic E-state index is 12.6. The maximum atomic E-state index is 12.6. The van der Waals surface area contributed by atoms with Gasteiger partial charge in [0.05, 0.1) is 20.4 Å². The average Bonchev–Trinajstić information content (AvgIpc) is 3.33. The molecule has 1 N–H and O–H groups in total. The van der Waals surface area contributed by atoms with E-state index in [0.717, 1.165) is 22.7 Å². The standard InChI is InChI=1S/C20H14ClN3O7S/c21-14-3-2-12(24(28)29)9-13(14)18(25)22-5-6-23-19(26)17(32-20(23)27)8-11-1-4-15-16(7-11)31-10-30-15/h1-4,7-9H,5-6,10H2,(H,22,25)/b17-8-. The van der Waals surface area contributed by atoms with Crippen LogP contribution in [0.1, 0.15) is 15.9 Å². The highest BCUT2D eigenvalue weighted by molar-refractivity contribution is 8.18. The summed E-state index contributed by atoms with van der Waals surface area (Å²) < 4.78 is 10.6. The first-order valence-electron chi connectivity index (χ1n) is 9.20. The van der Waals surface area contributed by atoms with Gasteiger partial charge < -0.3 is 14.8 Å². The first-order chi connectivity index (χ1) is 15.3. The smallest absolute Gasteiger partial charge is 0.293 e. The third-order valence-electron chi connectivity index (χ3n) is 4.59. The van der Waals surface area contributed by atoms with Crippen LogP contribution in [-0.4, -0.2) is 46.8 Å². The summed E-state index contributed by atoms with van der Waals surface area (Å²) in [6, 6.07) is 8.67. The van der Waals surface area contributed by atoms with E-state index >= 15 is 0 Å². The van der Waals surface area contributed by atoms with Crippen LogP contribution >= 0.6 is 23.4 Å². The summed E-state index contributed by atoms with van der Waals surface area (Å²) in [5.74, 6) is 0.0252. The number of fused-ring (bicyclic) bond motifs is 1. The molecule has 2 aromatic rings. The van der Waals surface area contributed by atoms with E-state index in [9.17, 15) is 24.5 Å². The summed E-state index contributed by atoms with van der Waals surface area (Å²) in [6.07, 6.45) is 1.58. The molecule has 0 unspecified atom stereocenters. The molecule has 4 rings (SSSR count). The van der Waals surface area contributed by atoms with Crippen molar-refractivity contribution < 1.29 is 28.8 Å². The van der Waals surface area contributed by atoms with Gasteiger partial charge in [0, 0.05) is 25.2 Å². The van der Waals surface area contributed by atoms with Crippen molar-refractivity contribution in [1.82, 2.24) is 10.2 Å². The maximum Gasteiger partial charge on any atom is 0.293 e. The Labute approximate surface area is 190 Å². The highest BCUT2D eigenvalue weighted by Crippen LogP contribution is 2.36. The predicted octanol–water partition coefficient (Wildman–Crippen LogP) is 3.44. The normalized spacial score (nSPS) is 16.0. The number of carbonyl (C=O) groups excluding carboxylic acids is 3. The fourth-order valence-electron chi connectivity index (χ4n) is 3.02. The highest BCUT2D eigenvalue weighted by atomic mass is 35.5. The fraction of sp³-hybridized carbons (Fsp3) is 0.150. The summed E-state index contributed by atoms with van der Waals surface area (Å²) in [5.41, 5.74) is 0.324. The lowest BCUT2D eigenvalue weighted by Gasteiger charge is -2.13. The molecule has 0 bridgehead atoms. The summed E-state index contributed by atoms with van der Waals surface area (Å²) in [5, 5.41) is 13.0. The average molecular weight is 476 g/mol. The number of hydrogen-bond donors (Lipinski definition) is 1. The minimum absolute atomic E-state index is 0.0472. The SMILES string of the molecule is O=C(NCCN1C(=O)S/C(=C\c2ccc3c(c2)OCO3)C1=O)c1cc([N+](=O)[O-])ccc1Cl. The van der Waals surface area contributed by atoms with E-state index in [2.05, 4.69) is 5.32 Å². The number of non-ortho nitro benzene ring substituents is 1. The Hall–Kier alpha value is -3.57. The zero-order valence-electron chi connectivity index (χ0n) is 16.2. The lowest BCUT2D eigenvalue weighted by molar-refractivity contribution is -0.384. The van der Waals surface area contributed by atoms with Crippen molar-refractivity contribution in [3.05, 3.63) is 67.6 Å². The van der Waals surface area contributed by atoms with Crippen molar-refractivity contribution in [3.63, 3.8) is 0 Å². The molecular weight excluding hydrogens is 462 g/mol. The van der Waals surface area contributed by atoms with Gasteiger partial charge in [-0.25, -0.2) is 0 Å². The Morgan fingerprint density at radius 3 is 2.78 bits per heavy atom. The van der Waals surface area contributed by atoms with E-state index in [1.54, 1.807) is 24.3 Å². The Balaban J connectivity index is 1.38. The van der Waals surface area contributed by atoms with Crippen LogP contribution in [0.15, 0.2) is 41.3 Å². The quantitative estimate of drug-likeness (QED) is 0.382. The van der Waals surface area contributed by atoms with Crippen molar-refractivity contribution in [2.75, 3.05) is 19.9 Å². The number of hydrogen-bond acceptors (Lipinski definition) is 8. The van der Waals surface area contributed by atoms with Gasteiger partial charge in [0.15, 0.2) is 11.5 Å². The second-order valence-corrected chi connectivity index (χ2v) is 8.02. The van der Waals surface area contributed by atoms with Crippen LogP contribution in [0.3, 0.4) is 0 Å². The number of amides is 3. The summed E-state index contributed by atoms with van der Waals surface area (Å²) in [4.78, 5) is 48.7. The molecule has 2 aliphatic heterocycles. The molecule has 1 saturated heterocycles. The molecular formula is C20H14ClN3O7S. The number of nitro benzene ring substituents is 1. The number of carbonyl (C=O) groups is 3. The minimum Gasteiger partial charge on any atom is -0.454 e. The van der Waals surface area contributed by atoms with Crippen LogP contribution in [-0.2, 0) is 4.79 Å². The van der Waals surface area contributed by atoms with E-state index in [0.29, 0.717) is 17.1 Å². The Morgan fingerprint density at radius 1 is 1.22 bits per heavy atom. The Bertz CT molecular complexity index is 1180. The van der Waals surface area contributed by atoms with Gasteiger partial charge in [-0.15, -0.1) is 0 Å². The zero-order chi connectivity index (χ0) is 22.8. The molecule has 2 aliphatic rings. The van der Waals surface area contributed by atoms with E-state index < -0.39 is 22.0 Å². The van der Waals surface area contributed by atoms with Crippen molar-refractivity contribution in [1.29, 1.82) is 0 Å². The van der Waals surface area contributed by atoms with Crippen LogP contribution in [0, 0.1) is 10.1 Å². The monoisotopic (exact) mass is 475 g/mol. The van der Waals surface area contributed by atoms with Gasteiger partial charge in [0.1, 0.15) is 0 Å². The number of rotatable bonds is 6. The molecule has 10 nitrogen and oxygen atoms in total. The van der Waals surface area contributed by atoms with Crippen LogP contribution < -0.4 is 14.8 Å². The van der Waals surface area contributed by atoms with Crippen molar-refractivity contribution in [2.45, 2.75) is 0 Å².